The zero-order valence-corrected chi connectivity index (χ0v) is 8.65. The largest absolute Gasteiger partial charge is 0.378 e. The molecular weight excluding hydrogens is 196 g/mol. The van der Waals surface area contributed by atoms with Crippen LogP contribution in [0.5, 0.6) is 0 Å². The van der Waals surface area contributed by atoms with E-state index in [1.807, 2.05) is 0 Å². The van der Waals surface area contributed by atoms with Crippen LogP contribution >= 0.6 is 0 Å². The molecule has 0 bridgehead atoms. The molecule has 0 aromatic rings. The van der Waals surface area contributed by atoms with Crippen molar-refractivity contribution in [2.75, 3.05) is 26.3 Å². The summed E-state index contributed by atoms with van der Waals surface area (Å²) in [5.41, 5.74) is 4.53. The minimum atomic E-state index is -0.481. The van der Waals surface area contributed by atoms with Crippen molar-refractivity contribution in [3.8, 4) is 0 Å². The average molecular weight is 212 g/mol. The zero-order valence-electron chi connectivity index (χ0n) is 8.65. The van der Waals surface area contributed by atoms with Gasteiger partial charge in [-0.2, -0.15) is 0 Å². The Bertz CT molecular complexity index is 245. The number of rotatable bonds is 2. The number of hydrogen-bond donors (Lipinski definition) is 1. The van der Waals surface area contributed by atoms with E-state index >= 15 is 0 Å². The summed E-state index contributed by atoms with van der Waals surface area (Å²) in [4.78, 5) is 22.1. The fourth-order valence-corrected chi connectivity index (χ4v) is 0.913. The fourth-order valence-electron chi connectivity index (χ4n) is 0.913. The van der Waals surface area contributed by atoms with Crippen molar-refractivity contribution in [2.45, 2.75) is 0 Å². The smallest absolute Gasteiger partial charge is 0.246 e. The first-order chi connectivity index (χ1) is 7.11. The summed E-state index contributed by atoms with van der Waals surface area (Å²) in [7, 11) is 0. The van der Waals surface area contributed by atoms with E-state index in [0.717, 1.165) is 6.08 Å². The molecule has 2 amide bonds. The summed E-state index contributed by atoms with van der Waals surface area (Å²) in [5, 5.41) is 0. The van der Waals surface area contributed by atoms with Crippen LogP contribution in [-0.4, -0.2) is 43.0 Å². The summed E-state index contributed by atoms with van der Waals surface area (Å²) in [5.74, 6) is -0.478. The van der Waals surface area contributed by atoms with Crippen LogP contribution in [0.3, 0.4) is 0 Å². The Morgan fingerprint density at radius 3 is 2.00 bits per heavy atom. The Morgan fingerprint density at radius 2 is 1.67 bits per heavy atom. The van der Waals surface area contributed by atoms with Gasteiger partial charge in [-0.25, -0.2) is 0 Å². The first kappa shape index (κ1) is 13.4. The van der Waals surface area contributed by atoms with E-state index in [1.54, 1.807) is 4.90 Å². The van der Waals surface area contributed by atoms with Crippen molar-refractivity contribution in [1.82, 2.24) is 4.90 Å². The average Bonchev–Trinajstić information content (AvgIpc) is 2.30. The van der Waals surface area contributed by atoms with Gasteiger partial charge in [-0.1, -0.05) is 13.2 Å². The number of nitrogens with two attached hydrogens (primary N) is 1. The lowest BCUT2D eigenvalue weighted by Crippen LogP contribution is -2.39. The zero-order chi connectivity index (χ0) is 11.7. The third-order valence-electron chi connectivity index (χ3n) is 1.70. The van der Waals surface area contributed by atoms with Crippen LogP contribution in [0.15, 0.2) is 25.3 Å². The molecule has 5 nitrogen and oxygen atoms in total. The number of carbonyl (C=O) groups excluding carboxylic acids is 2. The molecule has 0 atom stereocenters. The SMILES string of the molecule is C=CC(=O)N1CCOCC1.C=CC(N)=O. The Balaban J connectivity index is 0.000000336. The maximum atomic E-state index is 10.9. The lowest BCUT2D eigenvalue weighted by atomic mass is 10.4. The number of morpholine rings is 1. The number of carbonyl (C=O) groups is 2. The Labute approximate surface area is 89.2 Å². The topological polar surface area (TPSA) is 72.6 Å². The lowest BCUT2D eigenvalue weighted by Gasteiger charge is -2.25. The Kier molecular flexibility index (Phi) is 6.92. The highest BCUT2D eigenvalue weighted by Gasteiger charge is 2.12. The van der Waals surface area contributed by atoms with Crippen LogP contribution in [0.1, 0.15) is 0 Å². The Hall–Kier alpha value is -1.62. The monoisotopic (exact) mass is 212 g/mol. The Morgan fingerprint density at radius 1 is 1.20 bits per heavy atom. The molecule has 0 aromatic carbocycles. The van der Waals surface area contributed by atoms with Gasteiger partial charge in [0.15, 0.2) is 0 Å². The molecule has 84 valence electrons. The fraction of sp³-hybridized carbons (Fsp3) is 0.400. The highest BCUT2D eigenvalue weighted by Crippen LogP contribution is 1.96. The van der Waals surface area contributed by atoms with E-state index in [0.29, 0.717) is 26.3 Å². The van der Waals surface area contributed by atoms with Crippen molar-refractivity contribution in [3.63, 3.8) is 0 Å². The molecular formula is C10H16N2O3. The van der Waals surface area contributed by atoms with Gasteiger partial charge in [0.2, 0.25) is 11.8 Å². The van der Waals surface area contributed by atoms with E-state index in [2.05, 4.69) is 18.9 Å². The van der Waals surface area contributed by atoms with Crippen molar-refractivity contribution in [1.29, 1.82) is 0 Å². The lowest BCUT2D eigenvalue weighted by molar-refractivity contribution is -0.129. The standard InChI is InChI=1S/C7H11NO2.C3H5NO/c1-2-7(9)8-3-5-10-6-4-8;1-2-3(4)5/h2H,1,3-6H2;2H,1H2,(H2,4,5). The summed E-state index contributed by atoms with van der Waals surface area (Å²) in [6.07, 6.45) is 2.39. The summed E-state index contributed by atoms with van der Waals surface area (Å²) in [6.45, 7) is 9.19. The van der Waals surface area contributed by atoms with E-state index in [4.69, 9.17) is 4.74 Å². The molecule has 1 fully saturated rings. The van der Waals surface area contributed by atoms with E-state index < -0.39 is 5.91 Å². The normalized spacial score (nSPS) is 14.5. The highest BCUT2D eigenvalue weighted by atomic mass is 16.5. The molecule has 1 saturated heterocycles. The minimum absolute atomic E-state index is 0.00306. The molecule has 1 rings (SSSR count). The molecule has 0 aliphatic carbocycles. The number of nitrogens with zero attached hydrogens (tertiary/aromatic N) is 1. The number of ether oxygens (including phenoxy) is 1. The second-order valence-electron chi connectivity index (χ2n) is 2.75. The summed E-state index contributed by atoms with van der Waals surface area (Å²) < 4.78 is 5.07. The van der Waals surface area contributed by atoms with Crippen LogP contribution in [0, 0.1) is 0 Å². The van der Waals surface area contributed by atoms with Crippen LogP contribution in [0.4, 0.5) is 0 Å². The van der Waals surface area contributed by atoms with Crippen molar-refractivity contribution >= 4 is 11.8 Å². The van der Waals surface area contributed by atoms with E-state index in [1.165, 1.54) is 6.08 Å². The molecule has 1 aliphatic heterocycles. The highest BCUT2D eigenvalue weighted by molar-refractivity contribution is 5.87. The molecule has 15 heavy (non-hydrogen) atoms. The molecule has 0 aromatic heterocycles. The van der Waals surface area contributed by atoms with E-state index in [-0.39, 0.29) is 5.91 Å². The second-order valence-corrected chi connectivity index (χ2v) is 2.75. The minimum Gasteiger partial charge on any atom is -0.378 e. The maximum absolute atomic E-state index is 10.9. The van der Waals surface area contributed by atoms with Gasteiger partial charge in [-0.3, -0.25) is 9.59 Å². The van der Waals surface area contributed by atoms with E-state index in [9.17, 15) is 9.59 Å². The van der Waals surface area contributed by atoms with Crippen LogP contribution in [0.2, 0.25) is 0 Å². The van der Waals surface area contributed by atoms with Gasteiger partial charge < -0.3 is 15.4 Å². The molecule has 1 heterocycles. The summed E-state index contributed by atoms with van der Waals surface area (Å²) >= 11 is 0. The maximum Gasteiger partial charge on any atom is 0.246 e. The number of primary amides is 1. The number of hydrogen-bond acceptors (Lipinski definition) is 3. The predicted molar refractivity (Wildman–Crippen MR) is 57.0 cm³/mol. The molecule has 5 heteroatoms. The quantitative estimate of drug-likeness (QED) is 0.638. The predicted octanol–water partition coefficient (Wildman–Crippen LogP) is -0.311. The third-order valence-corrected chi connectivity index (χ3v) is 1.70. The first-order valence-corrected chi connectivity index (χ1v) is 4.52. The molecule has 0 unspecified atom stereocenters. The molecule has 0 radical (unpaired) electrons. The van der Waals surface area contributed by atoms with Gasteiger partial charge in [-0.15, -0.1) is 0 Å². The second kappa shape index (κ2) is 7.75. The van der Waals surface area contributed by atoms with Crippen molar-refractivity contribution in [3.05, 3.63) is 25.3 Å². The molecule has 0 saturated carbocycles. The van der Waals surface area contributed by atoms with Crippen LogP contribution in [-0.2, 0) is 14.3 Å². The van der Waals surface area contributed by atoms with Crippen LogP contribution in [0.25, 0.3) is 0 Å². The summed E-state index contributed by atoms with van der Waals surface area (Å²) in [6, 6.07) is 0. The molecule has 0 spiro atoms. The van der Waals surface area contributed by atoms with Gasteiger partial charge in [0, 0.05) is 13.1 Å². The van der Waals surface area contributed by atoms with Crippen LogP contribution < -0.4 is 5.73 Å². The van der Waals surface area contributed by atoms with Gasteiger partial charge in [0.05, 0.1) is 13.2 Å². The third kappa shape index (κ3) is 6.45. The number of amides is 2. The molecule has 1 aliphatic rings. The van der Waals surface area contributed by atoms with Crippen molar-refractivity contribution in [2.24, 2.45) is 5.73 Å². The van der Waals surface area contributed by atoms with Gasteiger partial charge in [0.1, 0.15) is 0 Å². The first-order valence-electron chi connectivity index (χ1n) is 4.52. The van der Waals surface area contributed by atoms with Gasteiger partial charge >= 0.3 is 0 Å². The van der Waals surface area contributed by atoms with Gasteiger partial charge in [-0.05, 0) is 12.2 Å². The van der Waals surface area contributed by atoms with Gasteiger partial charge in [0.25, 0.3) is 0 Å². The molecule has 2 N–H and O–H groups in total. The van der Waals surface area contributed by atoms with Crippen molar-refractivity contribution < 1.29 is 14.3 Å².